The maximum atomic E-state index is 5.64. The second-order valence-corrected chi connectivity index (χ2v) is 3.68. The van der Waals surface area contributed by atoms with Gasteiger partial charge in [0, 0.05) is 18.6 Å². The first-order valence-electron chi connectivity index (χ1n) is 5.04. The van der Waals surface area contributed by atoms with Gasteiger partial charge in [0.1, 0.15) is 0 Å². The van der Waals surface area contributed by atoms with E-state index in [0.29, 0.717) is 5.88 Å². The Labute approximate surface area is 90.6 Å². The van der Waals surface area contributed by atoms with Gasteiger partial charge in [-0.3, -0.25) is 4.68 Å². The van der Waals surface area contributed by atoms with E-state index in [1.807, 2.05) is 10.9 Å². The SMILES string of the molecule is CCCn1nccc1C(C)=CCCCl. The van der Waals surface area contributed by atoms with Crippen molar-refractivity contribution in [2.24, 2.45) is 0 Å². The van der Waals surface area contributed by atoms with Gasteiger partial charge in [-0.25, -0.2) is 0 Å². The third-order valence-electron chi connectivity index (χ3n) is 2.12. The molecule has 0 saturated carbocycles. The molecule has 78 valence electrons. The van der Waals surface area contributed by atoms with E-state index in [4.69, 9.17) is 11.6 Å². The molecule has 0 aliphatic heterocycles. The molecule has 0 unspecified atom stereocenters. The van der Waals surface area contributed by atoms with E-state index in [9.17, 15) is 0 Å². The highest BCUT2D eigenvalue weighted by Crippen LogP contribution is 2.14. The van der Waals surface area contributed by atoms with Crippen LogP contribution in [0.4, 0.5) is 0 Å². The van der Waals surface area contributed by atoms with Crippen molar-refractivity contribution in [3.8, 4) is 0 Å². The van der Waals surface area contributed by atoms with Crippen LogP contribution in [0.1, 0.15) is 32.4 Å². The number of rotatable bonds is 5. The molecule has 0 aliphatic carbocycles. The van der Waals surface area contributed by atoms with Crippen LogP contribution >= 0.6 is 11.6 Å². The largest absolute Gasteiger partial charge is 0.265 e. The molecule has 1 rings (SSSR count). The van der Waals surface area contributed by atoms with Crippen LogP contribution in [0.5, 0.6) is 0 Å². The Morgan fingerprint density at radius 1 is 1.64 bits per heavy atom. The van der Waals surface area contributed by atoms with Gasteiger partial charge in [-0.2, -0.15) is 5.10 Å². The molecule has 14 heavy (non-hydrogen) atoms. The Morgan fingerprint density at radius 2 is 2.43 bits per heavy atom. The lowest BCUT2D eigenvalue weighted by atomic mass is 10.2. The number of halogens is 1. The molecule has 0 fully saturated rings. The second kappa shape index (κ2) is 5.86. The standard InChI is InChI=1S/C11H17ClN2/c1-3-9-14-11(6-8-13-14)10(2)5-4-7-12/h5-6,8H,3-4,7,9H2,1-2H3. The first-order chi connectivity index (χ1) is 6.79. The Balaban J connectivity index is 2.77. The summed E-state index contributed by atoms with van der Waals surface area (Å²) in [4.78, 5) is 0. The third kappa shape index (κ3) is 2.88. The molecule has 1 aromatic heterocycles. The van der Waals surface area contributed by atoms with Gasteiger partial charge in [-0.15, -0.1) is 11.6 Å². The number of nitrogens with zero attached hydrogens (tertiary/aromatic N) is 2. The third-order valence-corrected chi connectivity index (χ3v) is 2.33. The molecule has 0 N–H and O–H groups in total. The molecule has 2 nitrogen and oxygen atoms in total. The van der Waals surface area contributed by atoms with Crippen LogP contribution < -0.4 is 0 Å². The van der Waals surface area contributed by atoms with E-state index in [1.165, 1.54) is 11.3 Å². The van der Waals surface area contributed by atoms with Crippen LogP contribution in [0.15, 0.2) is 18.3 Å². The average molecular weight is 213 g/mol. The fourth-order valence-corrected chi connectivity index (χ4v) is 1.54. The Bertz CT molecular complexity index is 302. The van der Waals surface area contributed by atoms with E-state index in [2.05, 4.69) is 31.1 Å². The Kier molecular flexibility index (Phi) is 4.74. The summed E-state index contributed by atoms with van der Waals surface area (Å²) in [7, 11) is 0. The Hall–Kier alpha value is -0.760. The summed E-state index contributed by atoms with van der Waals surface area (Å²) in [6, 6.07) is 2.05. The van der Waals surface area contributed by atoms with E-state index in [1.54, 1.807) is 0 Å². The van der Waals surface area contributed by atoms with Crippen LogP contribution in [0, 0.1) is 0 Å². The molecule has 0 atom stereocenters. The maximum Gasteiger partial charge on any atom is 0.0635 e. The van der Waals surface area contributed by atoms with E-state index >= 15 is 0 Å². The zero-order valence-electron chi connectivity index (χ0n) is 8.83. The first kappa shape index (κ1) is 11.3. The monoisotopic (exact) mass is 212 g/mol. The van der Waals surface area contributed by atoms with Gasteiger partial charge in [-0.1, -0.05) is 13.0 Å². The van der Waals surface area contributed by atoms with Gasteiger partial charge >= 0.3 is 0 Å². The first-order valence-corrected chi connectivity index (χ1v) is 5.58. The van der Waals surface area contributed by atoms with Gasteiger partial charge in [-0.05, 0) is 31.4 Å². The highest BCUT2D eigenvalue weighted by Gasteiger charge is 2.02. The summed E-state index contributed by atoms with van der Waals surface area (Å²) in [6.07, 6.45) is 6.04. The number of alkyl halides is 1. The van der Waals surface area contributed by atoms with E-state index < -0.39 is 0 Å². The Morgan fingerprint density at radius 3 is 3.07 bits per heavy atom. The number of hydrogen-bond donors (Lipinski definition) is 0. The van der Waals surface area contributed by atoms with Gasteiger partial charge < -0.3 is 0 Å². The molecule has 0 spiro atoms. The van der Waals surface area contributed by atoms with Crippen molar-refractivity contribution >= 4 is 17.2 Å². The molecule has 3 heteroatoms. The van der Waals surface area contributed by atoms with Crippen LogP contribution in [-0.4, -0.2) is 15.7 Å². The predicted molar refractivity (Wildman–Crippen MR) is 61.5 cm³/mol. The van der Waals surface area contributed by atoms with Gasteiger partial charge in [0.15, 0.2) is 0 Å². The fourth-order valence-electron chi connectivity index (χ4n) is 1.43. The highest BCUT2D eigenvalue weighted by molar-refractivity contribution is 6.17. The second-order valence-electron chi connectivity index (χ2n) is 3.30. The molecular formula is C11H17ClN2. The minimum atomic E-state index is 0.680. The molecule has 0 aliphatic rings. The normalized spacial score (nSPS) is 12.1. The minimum absolute atomic E-state index is 0.680. The van der Waals surface area contributed by atoms with Crippen LogP contribution in [0.25, 0.3) is 5.57 Å². The van der Waals surface area contributed by atoms with Crippen molar-refractivity contribution in [1.29, 1.82) is 0 Å². The lowest BCUT2D eigenvalue weighted by molar-refractivity contribution is 0.596. The zero-order valence-corrected chi connectivity index (χ0v) is 9.59. The maximum absolute atomic E-state index is 5.64. The summed E-state index contributed by atoms with van der Waals surface area (Å²) >= 11 is 5.64. The van der Waals surface area contributed by atoms with Crippen molar-refractivity contribution < 1.29 is 0 Å². The number of aryl methyl sites for hydroxylation is 1. The van der Waals surface area contributed by atoms with Gasteiger partial charge in [0.25, 0.3) is 0 Å². The van der Waals surface area contributed by atoms with Crippen LogP contribution in [0.3, 0.4) is 0 Å². The van der Waals surface area contributed by atoms with Gasteiger partial charge in [0.2, 0.25) is 0 Å². The van der Waals surface area contributed by atoms with Crippen molar-refractivity contribution in [2.45, 2.75) is 33.2 Å². The molecule has 1 heterocycles. The smallest absolute Gasteiger partial charge is 0.0635 e. The molecule has 0 bridgehead atoms. The van der Waals surface area contributed by atoms with E-state index in [0.717, 1.165) is 19.4 Å². The quantitative estimate of drug-likeness (QED) is 0.685. The summed E-state index contributed by atoms with van der Waals surface area (Å²) in [5.41, 5.74) is 2.47. The fraction of sp³-hybridized carbons (Fsp3) is 0.545. The summed E-state index contributed by atoms with van der Waals surface area (Å²) in [6.45, 7) is 5.24. The van der Waals surface area contributed by atoms with Crippen molar-refractivity contribution in [3.63, 3.8) is 0 Å². The minimum Gasteiger partial charge on any atom is -0.265 e. The highest BCUT2D eigenvalue weighted by atomic mass is 35.5. The molecule has 1 aromatic rings. The van der Waals surface area contributed by atoms with Gasteiger partial charge in [0.05, 0.1) is 5.69 Å². The van der Waals surface area contributed by atoms with Crippen LogP contribution in [-0.2, 0) is 6.54 Å². The summed E-state index contributed by atoms with van der Waals surface area (Å²) < 4.78 is 2.04. The van der Waals surface area contributed by atoms with Crippen molar-refractivity contribution in [1.82, 2.24) is 9.78 Å². The predicted octanol–water partition coefficient (Wildman–Crippen LogP) is 3.33. The molecular weight excluding hydrogens is 196 g/mol. The van der Waals surface area contributed by atoms with Crippen LogP contribution in [0.2, 0.25) is 0 Å². The van der Waals surface area contributed by atoms with E-state index in [-0.39, 0.29) is 0 Å². The lowest BCUT2D eigenvalue weighted by Crippen LogP contribution is -2.02. The lowest BCUT2D eigenvalue weighted by Gasteiger charge is -2.05. The molecule has 0 aromatic carbocycles. The average Bonchev–Trinajstić information content (AvgIpc) is 2.63. The molecule has 0 saturated heterocycles. The molecule has 0 amide bonds. The molecule has 0 radical (unpaired) electrons. The van der Waals surface area contributed by atoms with Crippen molar-refractivity contribution in [3.05, 3.63) is 24.0 Å². The summed E-state index contributed by atoms with van der Waals surface area (Å²) in [5.74, 6) is 0.680. The number of hydrogen-bond acceptors (Lipinski definition) is 1. The topological polar surface area (TPSA) is 17.8 Å². The zero-order chi connectivity index (χ0) is 10.4. The van der Waals surface area contributed by atoms with Crippen molar-refractivity contribution in [2.75, 3.05) is 5.88 Å². The summed E-state index contributed by atoms with van der Waals surface area (Å²) in [5, 5.41) is 4.28. The number of aromatic nitrogens is 2. The number of allylic oxidation sites excluding steroid dienone is 2.